The summed E-state index contributed by atoms with van der Waals surface area (Å²) < 4.78 is 12.3. The van der Waals surface area contributed by atoms with E-state index in [-0.39, 0.29) is 0 Å². The molecule has 5 heteroatoms. The first-order valence-electron chi connectivity index (χ1n) is 7.08. The molecule has 0 atom stereocenters. The van der Waals surface area contributed by atoms with E-state index >= 15 is 0 Å². The summed E-state index contributed by atoms with van der Waals surface area (Å²) >= 11 is 3.60. The van der Waals surface area contributed by atoms with Crippen molar-refractivity contribution in [2.75, 3.05) is 33.9 Å². The van der Waals surface area contributed by atoms with Crippen molar-refractivity contribution in [1.82, 2.24) is 10.6 Å². The molecule has 2 N–H and O–H groups in total. The summed E-state index contributed by atoms with van der Waals surface area (Å²) in [5.74, 6) is 1.62. The number of rotatable bonds is 10. The standard InChI is InChI=1S/C15H25BrN2O2/c1-4-10-20-15-12(11-18-9-5-8-17-2)13(16)6-7-14(15)19-3/h6-7,17-18H,4-5,8-11H2,1-3H3. The fourth-order valence-electron chi connectivity index (χ4n) is 1.87. The van der Waals surface area contributed by atoms with E-state index in [4.69, 9.17) is 9.47 Å². The van der Waals surface area contributed by atoms with Crippen LogP contribution in [0, 0.1) is 0 Å². The van der Waals surface area contributed by atoms with E-state index in [2.05, 4.69) is 33.5 Å². The molecule has 0 bridgehead atoms. The molecule has 114 valence electrons. The smallest absolute Gasteiger partial charge is 0.166 e. The summed E-state index contributed by atoms with van der Waals surface area (Å²) in [6, 6.07) is 3.93. The number of benzene rings is 1. The van der Waals surface area contributed by atoms with Crippen LogP contribution in [0.5, 0.6) is 11.5 Å². The Hall–Kier alpha value is -0.780. The zero-order valence-electron chi connectivity index (χ0n) is 12.6. The Morgan fingerprint density at radius 1 is 1.25 bits per heavy atom. The number of nitrogens with one attached hydrogen (secondary N) is 2. The summed E-state index contributed by atoms with van der Waals surface area (Å²) in [5.41, 5.74) is 1.11. The van der Waals surface area contributed by atoms with Crippen LogP contribution in [0.4, 0.5) is 0 Å². The maximum Gasteiger partial charge on any atom is 0.166 e. The predicted molar refractivity (Wildman–Crippen MR) is 86.7 cm³/mol. The van der Waals surface area contributed by atoms with Gasteiger partial charge in [-0.3, -0.25) is 0 Å². The molecule has 0 saturated heterocycles. The van der Waals surface area contributed by atoms with Gasteiger partial charge in [0.25, 0.3) is 0 Å². The monoisotopic (exact) mass is 344 g/mol. The van der Waals surface area contributed by atoms with Crippen LogP contribution < -0.4 is 20.1 Å². The van der Waals surface area contributed by atoms with Crippen molar-refractivity contribution >= 4 is 15.9 Å². The van der Waals surface area contributed by atoms with Crippen LogP contribution in [0.2, 0.25) is 0 Å². The van der Waals surface area contributed by atoms with Gasteiger partial charge in [-0.1, -0.05) is 22.9 Å². The summed E-state index contributed by atoms with van der Waals surface area (Å²) in [6.45, 7) is 5.55. The highest BCUT2D eigenvalue weighted by molar-refractivity contribution is 9.10. The van der Waals surface area contributed by atoms with Crippen molar-refractivity contribution in [2.45, 2.75) is 26.3 Å². The fraction of sp³-hybridized carbons (Fsp3) is 0.600. The van der Waals surface area contributed by atoms with Crippen molar-refractivity contribution in [1.29, 1.82) is 0 Å². The van der Waals surface area contributed by atoms with Crippen molar-refractivity contribution < 1.29 is 9.47 Å². The van der Waals surface area contributed by atoms with Crippen LogP contribution >= 0.6 is 15.9 Å². The first-order valence-corrected chi connectivity index (χ1v) is 7.87. The van der Waals surface area contributed by atoms with Crippen LogP contribution in [-0.4, -0.2) is 33.9 Å². The first kappa shape index (κ1) is 17.3. The number of hydrogen-bond acceptors (Lipinski definition) is 4. The summed E-state index contributed by atoms with van der Waals surface area (Å²) in [5, 5.41) is 6.58. The largest absolute Gasteiger partial charge is 0.493 e. The van der Waals surface area contributed by atoms with Gasteiger partial charge in [-0.05, 0) is 45.1 Å². The van der Waals surface area contributed by atoms with E-state index in [1.165, 1.54) is 0 Å². The molecule has 20 heavy (non-hydrogen) atoms. The molecule has 1 rings (SSSR count). The molecular formula is C15H25BrN2O2. The zero-order chi connectivity index (χ0) is 14.8. The van der Waals surface area contributed by atoms with Gasteiger partial charge in [-0.25, -0.2) is 0 Å². The van der Waals surface area contributed by atoms with E-state index in [0.717, 1.165) is 54.0 Å². The second kappa shape index (κ2) is 10.0. The van der Waals surface area contributed by atoms with Crippen LogP contribution in [0.1, 0.15) is 25.3 Å². The highest BCUT2D eigenvalue weighted by atomic mass is 79.9. The molecule has 0 spiro atoms. The average molecular weight is 345 g/mol. The molecule has 0 aliphatic carbocycles. The van der Waals surface area contributed by atoms with Gasteiger partial charge >= 0.3 is 0 Å². The van der Waals surface area contributed by atoms with E-state index in [9.17, 15) is 0 Å². The van der Waals surface area contributed by atoms with Gasteiger partial charge in [0.1, 0.15) is 0 Å². The second-order valence-corrected chi connectivity index (χ2v) is 5.39. The molecule has 0 unspecified atom stereocenters. The maximum atomic E-state index is 5.86. The summed E-state index contributed by atoms with van der Waals surface area (Å²) in [6.07, 6.45) is 2.08. The molecule has 0 aromatic heterocycles. The SMILES string of the molecule is CCCOc1c(OC)ccc(Br)c1CNCCCNC. The molecule has 0 radical (unpaired) electrons. The number of methoxy groups -OCH3 is 1. The Labute approximate surface area is 130 Å². The molecular weight excluding hydrogens is 320 g/mol. The molecule has 0 fully saturated rings. The molecule has 0 aliphatic rings. The maximum absolute atomic E-state index is 5.86. The minimum absolute atomic E-state index is 0.694. The van der Waals surface area contributed by atoms with Crippen LogP contribution in [0.15, 0.2) is 16.6 Å². The van der Waals surface area contributed by atoms with Gasteiger partial charge in [-0.15, -0.1) is 0 Å². The van der Waals surface area contributed by atoms with E-state index in [1.54, 1.807) is 7.11 Å². The Balaban J connectivity index is 2.74. The normalized spacial score (nSPS) is 10.6. The van der Waals surface area contributed by atoms with Gasteiger partial charge in [0, 0.05) is 16.6 Å². The van der Waals surface area contributed by atoms with Gasteiger partial charge in [0.15, 0.2) is 11.5 Å². The zero-order valence-corrected chi connectivity index (χ0v) is 14.2. The van der Waals surface area contributed by atoms with Crippen LogP contribution in [-0.2, 0) is 6.54 Å². The third kappa shape index (κ3) is 5.31. The Morgan fingerprint density at radius 3 is 2.70 bits per heavy atom. The molecule has 1 aromatic rings. The fourth-order valence-corrected chi connectivity index (χ4v) is 2.33. The second-order valence-electron chi connectivity index (χ2n) is 4.54. The first-order chi connectivity index (χ1) is 9.74. The van der Waals surface area contributed by atoms with Gasteiger partial charge in [0.05, 0.1) is 13.7 Å². The topological polar surface area (TPSA) is 42.5 Å². The highest BCUT2D eigenvalue weighted by Crippen LogP contribution is 2.36. The van der Waals surface area contributed by atoms with E-state index < -0.39 is 0 Å². The van der Waals surface area contributed by atoms with E-state index in [1.807, 2.05) is 19.2 Å². The minimum Gasteiger partial charge on any atom is -0.493 e. The quantitative estimate of drug-likeness (QED) is 0.640. The lowest BCUT2D eigenvalue weighted by Crippen LogP contribution is -2.20. The lowest BCUT2D eigenvalue weighted by atomic mass is 10.1. The summed E-state index contributed by atoms with van der Waals surface area (Å²) in [4.78, 5) is 0. The highest BCUT2D eigenvalue weighted by Gasteiger charge is 2.14. The van der Waals surface area contributed by atoms with Gasteiger partial charge in [0.2, 0.25) is 0 Å². The lowest BCUT2D eigenvalue weighted by molar-refractivity contribution is 0.290. The number of hydrogen-bond donors (Lipinski definition) is 2. The summed E-state index contributed by atoms with van der Waals surface area (Å²) in [7, 11) is 3.64. The molecule has 0 heterocycles. The van der Waals surface area contributed by atoms with Crippen LogP contribution in [0.3, 0.4) is 0 Å². The minimum atomic E-state index is 0.694. The Bertz CT molecular complexity index is 400. The Kier molecular flexibility index (Phi) is 8.65. The van der Waals surface area contributed by atoms with Gasteiger partial charge < -0.3 is 20.1 Å². The van der Waals surface area contributed by atoms with Crippen LogP contribution in [0.25, 0.3) is 0 Å². The molecule has 4 nitrogen and oxygen atoms in total. The third-order valence-electron chi connectivity index (χ3n) is 2.92. The molecule has 1 aromatic carbocycles. The van der Waals surface area contributed by atoms with Crippen molar-refractivity contribution in [3.8, 4) is 11.5 Å². The predicted octanol–water partition coefficient (Wildman–Crippen LogP) is 2.95. The molecule has 0 saturated carbocycles. The average Bonchev–Trinajstić information content (AvgIpc) is 2.46. The lowest BCUT2D eigenvalue weighted by Gasteiger charge is -2.16. The van der Waals surface area contributed by atoms with Crippen molar-refractivity contribution in [3.05, 3.63) is 22.2 Å². The van der Waals surface area contributed by atoms with E-state index in [0.29, 0.717) is 6.61 Å². The third-order valence-corrected chi connectivity index (χ3v) is 3.66. The molecule has 0 aliphatic heterocycles. The Morgan fingerprint density at radius 2 is 2.05 bits per heavy atom. The number of ether oxygens (including phenoxy) is 2. The molecule has 0 amide bonds. The number of halogens is 1. The van der Waals surface area contributed by atoms with Crippen molar-refractivity contribution in [2.24, 2.45) is 0 Å². The van der Waals surface area contributed by atoms with Gasteiger partial charge in [-0.2, -0.15) is 0 Å². The van der Waals surface area contributed by atoms with Crippen molar-refractivity contribution in [3.63, 3.8) is 0 Å².